The van der Waals surface area contributed by atoms with Crippen LogP contribution < -0.4 is 5.73 Å². The Kier molecular flexibility index (Phi) is 5.41. The van der Waals surface area contributed by atoms with Gasteiger partial charge in [-0.2, -0.15) is 0 Å². The standard InChI is InChI=1S/C12H26N2O2S/c1-10(2)17(15,16)8-7-14-6-4-5-11(3)12(14)9-13/h10-12H,4-9,13H2,1-3H3. The molecule has 0 aromatic carbocycles. The van der Waals surface area contributed by atoms with Gasteiger partial charge in [0.2, 0.25) is 0 Å². The number of piperidine rings is 1. The summed E-state index contributed by atoms with van der Waals surface area (Å²) < 4.78 is 23.6. The van der Waals surface area contributed by atoms with Crippen molar-refractivity contribution in [2.45, 2.75) is 44.9 Å². The molecule has 0 aromatic rings. The van der Waals surface area contributed by atoms with Crippen molar-refractivity contribution in [1.29, 1.82) is 0 Å². The van der Waals surface area contributed by atoms with Gasteiger partial charge in [0, 0.05) is 19.1 Å². The largest absolute Gasteiger partial charge is 0.329 e. The summed E-state index contributed by atoms with van der Waals surface area (Å²) in [4.78, 5) is 2.26. The van der Waals surface area contributed by atoms with E-state index in [2.05, 4.69) is 11.8 Å². The van der Waals surface area contributed by atoms with E-state index in [-0.39, 0.29) is 11.0 Å². The molecule has 0 amide bonds. The summed E-state index contributed by atoms with van der Waals surface area (Å²) in [6, 6.07) is 0.353. The highest BCUT2D eigenvalue weighted by Crippen LogP contribution is 2.22. The summed E-state index contributed by atoms with van der Waals surface area (Å²) in [6.45, 7) is 7.94. The molecule has 2 atom stereocenters. The molecule has 1 rings (SSSR count). The van der Waals surface area contributed by atoms with Crippen LogP contribution in [0.5, 0.6) is 0 Å². The zero-order valence-electron chi connectivity index (χ0n) is 11.2. The van der Waals surface area contributed by atoms with Gasteiger partial charge in [0.15, 0.2) is 9.84 Å². The lowest BCUT2D eigenvalue weighted by molar-refractivity contribution is 0.113. The lowest BCUT2D eigenvalue weighted by Gasteiger charge is -2.39. The molecule has 0 aromatic heterocycles. The Hall–Kier alpha value is -0.130. The van der Waals surface area contributed by atoms with Gasteiger partial charge >= 0.3 is 0 Å². The summed E-state index contributed by atoms with van der Waals surface area (Å²) in [5.74, 6) is 0.837. The third kappa shape index (κ3) is 3.93. The first kappa shape index (κ1) is 14.9. The quantitative estimate of drug-likeness (QED) is 0.798. The van der Waals surface area contributed by atoms with Crippen LogP contribution in [-0.4, -0.2) is 50.0 Å². The van der Waals surface area contributed by atoms with Crippen molar-refractivity contribution in [3.05, 3.63) is 0 Å². The normalized spacial score (nSPS) is 27.6. The van der Waals surface area contributed by atoms with Crippen LogP contribution in [0.3, 0.4) is 0 Å². The minimum absolute atomic E-state index is 0.258. The number of rotatable bonds is 5. The van der Waals surface area contributed by atoms with Gasteiger partial charge in [0.25, 0.3) is 0 Å². The van der Waals surface area contributed by atoms with E-state index in [9.17, 15) is 8.42 Å². The minimum atomic E-state index is -2.93. The SMILES string of the molecule is CC1CCCN(CCS(=O)(=O)C(C)C)C1CN. The molecule has 0 aliphatic carbocycles. The second-order valence-corrected chi connectivity index (χ2v) is 8.05. The Morgan fingerprint density at radius 3 is 2.59 bits per heavy atom. The van der Waals surface area contributed by atoms with Gasteiger partial charge in [-0.15, -0.1) is 0 Å². The van der Waals surface area contributed by atoms with E-state index in [0.29, 0.717) is 25.0 Å². The molecule has 2 unspecified atom stereocenters. The van der Waals surface area contributed by atoms with Crippen LogP contribution in [0.25, 0.3) is 0 Å². The molecule has 4 nitrogen and oxygen atoms in total. The van der Waals surface area contributed by atoms with Crippen molar-refractivity contribution >= 4 is 9.84 Å². The molecule has 0 spiro atoms. The lowest BCUT2D eigenvalue weighted by atomic mass is 9.91. The smallest absolute Gasteiger partial charge is 0.153 e. The van der Waals surface area contributed by atoms with Gasteiger partial charge in [0.1, 0.15) is 0 Å². The molecule has 1 fully saturated rings. The topological polar surface area (TPSA) is 63.4 Å². The van der Waals surface area contributed by atoms with E-state index >= 15 is 0 Å². The zero-order chi connectivity index (χ0) is 13.1. The summed E-state index contributed by atoms with van der Waals surface area (Å²) in [5.41, 5.74) is 5.79. The zero-order valence-corrected chi connectivity index (χ0v) is 12.0. The maximum Gasteiger partial charge on any atom is 0.153 e. The van der Waals surface area contributed by atoms with Crippen molar-refractivity contribution in [2.75, 3.05) is 25.4 Å². The van der Waals surface area contributed by atoms with E-state index in [1.807, 2.05) is 0 Å². The first-order valence-electron chi connectivity index (χ1n) is 6.54. The Morgan fingerprint density at radius 2 is 2.06 bits per heavy atom. The van der Waals surface area contributed by atoms with Crippen LogP contribution in [0.2, 0.25) is 0 Å². The van der Waals surface area contributed by atoms with Gasteiger partial charge in [-0.25, -0.2) is 8.42 Å². The summed E-state index contributed by atoms with van der Waals surface area (Å²) in [6.07, 6.45) is 2.36. The fraction of sp³-hybridized carbons (Fsp3) is 1.00. The highest BCUT2D eigenvalue weighted by molar-refractivity contribution is 7.92. The molecule has 17 heavy (non-hydrogen) atoms. The van der Waals surface area contributed by atoms with Gasteiger partial charge in [-0.05, 0) is 39.2 Å². The van der Waals surface area contributed by atoms with E-state index in [1.165, 1.54) is 6.42 Å². The number of likely N-dealkylation sites (tertiary alicyclic amines) is 1. The highest BCUT2D eigenvalue weighted by Gasteiger charge is 2.28. The third-order valence-electron chi connectivity index (χ3n) is 3.85. The number of hydrogen-bond acceptors (Lipinski definition) is 4. The molecule has 0 radical (unpaired) electrons. The number of nitrogens with two attached hydrogens (primary N) is 1. The maximum atomic E-state index is 11.8. The molecule has 1 heterocycles. The first-order chi connectivity index (χ1) is 7.88. The predicted molar refractivity (Wildman–Crippen MR) is 71.7 cm³/mol. The predicted octanol–water partition coefficient (Wildman–Crippen LogP) is 0.869. The number of sulfone groups is 1. The molecule has 102 valence electrons. The van der Waals surface area contributed by atoms with Crippen molar-refractivity contribution in [2.24, 2.45) is 11.7 Å². The van der Waals surface area contributed by atoms with E-state index in [4.69, 9.17) is 5.73 Å². The number of nitrogens with zero attached hydrogens (tertiary/aromatic N) is 1. The lowest BCUT2D eigenvalue weighted by Crippen LogP contribution is -2.50. The Labute approximate surface area is 105 Å². The van der Waals surface area contributed by atoms with Crippen LogP contribution in [0, 0.1) is 5.92 Å². The van der Waals surface area contributed by atoms with Crippen molar-refractivity contribution < 1.29 is 8.42 Å². The second-order valence-electron chi connectivity index (χ2n) is 5.37. The minimum Gasteiger partial charge on any atom is -0.329 e. The van der Waals surface area contributed by atoms with E-state index in [0.717, 1.165) is 13.0 Å². The van der Waals surface area contributed by atoms with Crippen LogP contribution in [0.15, 0.2) is 0 Å². The fourth-order valence-electron chi connectivity index (χ4n) is 2.47. The average Bonchev–Trinajstić information content (AvgIpc) is 2.26. The van der Waals surface area contributed by atoms with Crippen molar-refractivity contribution in [1.82, 2.24) is 4.90 Å². The van der Waals surface area contributed by atoms with Gasteiger partial charge in [0.05, 0.1) is 11.0 Å². The van der Waals surface area contributed by atoms with Crippen LogP contribution in [-0.2, 0) is 9.84 Å². The molecule has 0 saturated carbocycles. The molecule has 1 aliphatic heterocycles. The monoisotopic (exact) mass is 262 g/mol. The van der Waals surface area contributed by atoms with E-state index in [1.54, 1.807) is 13.8 Å². The maximum absolute atomic E-state index is 11.8. The van der Waals surface area contributed by atoms with Gasteiger partial charge in [-0.1, -0.05) is 6.92 Å². The molecular weight excluding hydrogens is 236 g/mol. The second kappa shape index (κ2) is 6.16. The molecule has 1 aliphatic rings. The van der Waals surface area contributed by atoms with Crippen molar-refractivity contribution in [3.8, 4) is 0 Å². The summed E-state index contributed by atoms with van der Waals surface area (Å²) >= 11 is 0. The molecule has 0 bridgehead atoms. The van der Waals surface area contributed by atoms with Crippen molar-refractivity contribution in [3.63, 3.8) is 0 Å². The number of hydrogen-bond donors (Lipinski definition) is 1. The van der Waals surface area contributed by atoms with Gasteiger partial charge in [-0.3, -0.25) is 4.90 Å². The summed E-state index contributed by atoms with van der Waals surface area (Å²) in [7, 11) is -2.93. The molecular formula is C12H26N2O2S. The summed E-state index contributed by atoms with van der Waals surface area (Å²) in [5, 5.41) is -0.277. The van der Waals surface area contributed by atoms with Gasteiger partial charge < -0.3 is 5.73 Å². The molecule has 1 saturated heterocycles. The van der Waals surface area contributed by atoms with Crippen LogP contribution >= 0.6 is 0 Å². The fourth-order valence-corrected chi connectivity index (χ4v) is 3.43. The Bertz CT molecular complexity index is 327. The third-order valence-corrected chi connectivity index (χ3v) is 6.04. The van der Waals surface area contributed by atoms with Crippen LogP contribution in [0.1, 0.15) is 33.6 Å². The molecule has 2 N–H and O–H groups in total. The van der Waals surface area contributed by atoms with E-state index < -0.39 is 9.84 Å². The Morgan fingerprint density at radius 1 is 1.41 bits per heavy atom. The van der Waals surface area contributed by atoms with Crippen LogP contribution in [0.4, 0.5) is 0 Å². The highest BCUT2D eigenvalue weighted by atomic mass is 32.2. The Balaban J connectivity index is 2.56. The average molecular weight is 262 g/mol. The first-order valence-corrected chi connectivity index (χ1v) is 8.25. The molecule has 5 heteroatoms.